The molecule has 0 bridgehead atoms. The highest BCUT2D eigenvalue weighted by atomic mass is 28.4. The average Bonchev–Trinajstić information content (AvgIpc) is 3.32. The first-order valence-electron chi connectivity index (χ1n) is 12.7. The van der Waals surface area contributed by atoms with Crippen LogP contribution in [0.3, 0.4) is 0 Å². The second kappa shape index (κ2) is 8.33. The van der Waals surface area contributed by atoms with Crippen LogP contribution in [-0.2, 0) is 6.42 Å². The SMILES string of the molecule is Cc1ccc2c(c1)O[Si](C(C)(C)C)(C(C)(C)CCc1ccc3c(c1)O[Si](C(C)C)(C(C)C)O3)O2. The average molecular weight is 499 g/mol. The van der Waals surface area contributed by atoms with Gasteiger partial charge in [0.2, 0.25) is 0 Å². The predicted octanol–water partition coefficient (Wildman–Crippen LogP) is 8.45. The monoisotopic (exact) mass is 498 g/mol. The first-order valence-corrected chi connectivity index (χ1v) is 16.5. The van der Waals surface area contributed by atoms with Gasteiger partial charge in [0.25, 0.3) is 0 Å². The molecule has 2 aliphatic rings. The zero-order valence-electron chi connectivity index (χ0n) is 22.7. The summed E-state index contributed by atoms with van der Waals surface area (Å²) in [6.45, 7) is 22.4. The van der Waals surface area contributed by atoms with E-state index in [0.29, 0.717) is 11.1 Å². The summed E-state index contributed by atoms with van der Waals surface area (Å²) in [7, 11) is -4.97. The summed E-state index contributed by atoms with van der Waals surface area (Å²) in [6.07, 6.45) is 1.91. The van der Waals surface area contributed by atoms with E-state index in [4.69, 9.17) is 17.7 Å². The van der Waals surface area contributed by atoms with Crippen LogP contribution in [-0.4, -0.2) is 17.1 Å². The Morgan fingerprint density at radius 3 is 1.85 bits per heavy atom. The van der Waals surface area contributed by atoms with E-state index in [-0.39, 0.29) is 10.1 Å². The molecule has 4 rings (SSSR count). The highest BCUT2D eigenvalue weighted by Crippen LogP contribution is 2.59. The summed E-state index contributed by atoms with van der Waals surface area (Å²) < 4.78 is 26.7. The third kappa shape index (κ3) is 3.96. The first kappa shape index (κ1) is 25.2. The van der Waals surface area contributed by atoms with Crippen LogP contribution in [0.15, 0.2) is 36.4 Å². The number of hydrogen-bond donors (Lipinski definition) is 0. The van der Waals surface area contributed by atoms with Crippen molar-refractivity contribution in [3.63, 3.8) is 0 Å². The lowest BCUT2D eigenvalue weighted by molar-refractivity contribution is 0.322. The zero-order chi connectivity index (χ0) is 25.1. The fraction of sp³-hybridized carbons (Fsp3) is 0.571. The molecule has 0 radical (unpaired) electrons. The molecule has 1 unspecified atom stereocenters. The largest absolute Gasteiger partial charge is 0.508 e. The minimum atomic E-state index is -2.67. The highest BCUT2D eigenvalue weighted by Gasteiger charge is 2.66. The molecular formula is C28H42O4Si2. The molecule has 2 aliphatic heterocycles. The van der Waals surface area contributed by atoms with E-state index in [9.17, 15) is 0 Å². The number of fused-ring (bicyclic) bond motifs is 2. The zero-order valence-corrected chi connectivity index (χ0v) is 24.7. The van der Waals surface area contributed by atoms with Gasteiger partial charge in [0.15, 0.2) is 0 Å². The molecule has 4 nitrogen and oxygen atoms in total. The van der Waals surface area contributed by atoms with Crippen molar-refractivity contribution >= 4 is 17.1 Å². The second-order valence-electron chi connectivity index (χ2n) is 12.4. The summed E-state index contributed by atoms with van der Waals surface area (Å²) in [5.41, 5.74) is 3.25. The molecule has 186 valence electrons. The van der Waals surface area contributed by atoms with Crippen molar-refractivity contribution in [2.45, 2.75) is 103 Å². The first-order chi connectivity index (χ1) is 15.7. The van der Waals surface area contributed by atoms with Gasteiger partial charge in [-0.3, -0.25) is 0 Å². The lowest BCUT2D eigenvalue weighted by Gasteiger charge is -2.46. The molecule has 0 spiro atoms. The van der Waals surface area contributed by atoms with Crippen molar-refractivity contribution in [3.05, 3.63) is 47.5 Å². The van der Waals surface area contributed by atoms with Gasteiger partial charge in [0.1, 0.15) is 23.0 Å². The maximum absolute atomic E-state index is 6.82. The minimum absolute atomic E-state index is 0.0853. The van der Waals surface area contributed by atoms with Crippen molar-refractivity contribution in [2.75, 3.05) is 0 Å². The van der Waals surface area contributed by atoms with Crippen LogP contribution in [0, 0.1) is 6.92 Å². The summed E-state index contributed by atoms with van der Waals surface area (Å²) in [5, 5.41) is -0.193. The molecule has 6 heteroatoms. The molecule has 34 heavy (non-hydrogen) atoms. The number of aryl methyl sites for hydroxylation is 2. The van der Waals surface area contributed by atoms with E-state index in [1.165, 1.54) is 11.1 Å². The van der Waals surface area contributed by atoms with E-state index in [1.807, 2.05) is 0 Å². The number of benzene rings is 2. The van der Waals surface area contributed by atoms with E-state index in [1.54, 1.807) is 0 Å². The summed E-state index contributed by atoms with van der Waals surface area (Å²) in [4.78, 5) is 0. The molecule has 2 heterocycles. The Kier molecular flexibility index (Phi) is 6.17. The maximum atomic E-state index is 6.82. The molecule has 0 saturated carbocycles. The molecule has 2 aromatic carbocycles. The number of hydrogen-bond acceptors (Lipinski definition) is 4. The standard InChI is InChI=1S/C28H42O4Si2/c1-19(2)33(20(3)4)29-23-14-12-22(18-26(23)30-33)15-16-28(9,10)34(27(6,7)8)31-24-13-11-21(5)17-25(24)32-34/h11-14,17-20H,15-16H2,1-10H3. The third-order valence-electron chi connectivity index (χ3n) is 7.68. The van der Waals surface area contributed by atoms with Crippen molar-refractivity contribution in [1.29, 1.82) is 0 Å². The summed E-state index contributed by atoms with van der Waals surface area (Å²) in [6, 6.07) is 12.8. The Labute approximate surface area is 208 Å². The van der Waals surface area contributed by atoms with Gasteiger partial charge in [-0.15, -0.1) is 0 Å². The Morgan fingerprint density at radius 2 is 1.24 bits per heavy atom. The Balaban J connectivity index is 1.56. The molecule has 0 fully saturated rings. The van der Waals surface area contributed by atoms with Crippen molar-refractivity contribution in [2.24, 2.45) is 0 Å². The van der Waals surface area contributed by atoms with Crippen LogP contribution in [0.1, 0.15) is 79.9 Å². The van der Waals surface area contributed by atoms with Gasteiger partial charge in [0, 0.05) is 21.2 Å². The minimum Gasteiger partial charge on any atom is -0.508 e. The van der Waals surface area contributed by atoms with Crippen molar-refractivity contribution < 1.29 is 17.7 Å². The fourth-order valence-electron chi connectivity index (χ4n) is 5.70. The van der Waals surface area contributed by atoms with E-state index in [0.717, 1.165) is 35.8 Å². The van der Waals surface area contributed by atoms with E-state index in [2.05, 4.69) is 106 Å². The maximum Gasteiger partial charge on any atom is 0.472 e. The second-order valence-corrected chi connectivity index (χ2v) is 21.1. The lowest BCUT2D eigenvalue weighted by Crippen LogP contribution is -2.60. The van der Waals surface area contributed by atoms with Gasteiger partial charge in [0.05, 0.1) is 0 Å². The van der Waals surface area contributed by atoms with Gasteiger partial charge in [-0.05, 0) is 55.2 Å². The summed E-state index contributed by atoms with van der Waals surface area (Å²) >= 11 is 0. The normalized spacial score (nSPS) is 20.9. The molecule has 0 amide bonds. The molecule has 0 aliphatic carbocycles. The molecule has 0 saturated heterocycles. The quantitative estimate of drug-likeness (QED) is 0.374. The molecule has 2 aromatic rings. The smallest absolute Gasteiger partial charge is 0.472 e. The Hall–Kier alpha value is -1.93. The van der Waals surface area contributed by atoms with E-state index < -0.39 is 17.1 Å². The Morgan fingerprint density at radius 1 is 0.706 bits per heavy atom. The third-order valence-corrected chi connectivity index (χ3v) is 17.0. The molecule has 0 N–H and O–H groups in total. The van der Waals surface area contributed by atoms with Crippen LogP contribution in [0.5, 0.6) is 23.0 Å². The van der Waals surface area contributed by atoms with Crippen LogP contribution in [0.2, 0.25) is 21.2 Å². The molecule has 1 atom stereocenters. The van der Waals surface area contributed by atoms with Crippen LogP contribution in [0.25, 0.3) is 0 Å². The fourth-order valence-corrected chi connectivity index (χ4v) is 13.7. The van der Waals surface area contributed by atoms with Gasteiger partial charge < -0.3 is 17.7 Å². The van der Waals surface area contributed by atoms with Crippen molar-refractivity contribution in [1.82, 2.24) is 0 Å². The molecular weight excluding hydrogens is 456 g/mol. The lowest BCUT2D eigenvalue weighted by atomic mass is 10.0. The summed E-state index contributed by atoms with van der Waals surface area (Å²) in [5.74, 6) is 3.63. The van der Waals surface area contributed by atoms with Gasteiger partial charge in [-0.2, -0.15) is 0 Å². The van der Waals surface area contributed by atoms with Gasteiger partial charge >= 0.3 is 17.1 Å². The highest BCUT2D eigenvalue weighted by molar-refractivity contribution is 6.75. The Bertz CT molecular complexity index is 1060. The van der Waals surface area contributed by atoms with Crippen molar-refractivity contribution in [3.8, 4) is 23.0 Å². The number of rotatable bonds is 6. The van der Waals surface area contributed by atoms with Gasteiger partial charge in [-0.25, -0.2) is 0 Å². The van der Waals surface area contributed by atoms with Crippen LogP contribution in [0.4, 0.5) is 0 Å². The van der Waals surface area contributed by atoms with E-state index >= 15 is 0 Å². The van der Waals surface area contributed by atoms with Crippen LogP contribution < -0.4 is 17.7 Å². The predicted molar refractivity (Wildman–Crippen MR) is 144 cm³/mol. The van der Waals surface area contributed by atoms with Crippen LogP contribution >= 0.6 is 0 Å². The molecule has 0 aromatic heterocycles. The topological polar surface area (TPSA) is 36.9 Å². The van der Waals surface area contributed by atoms with Gasteiger partial charge in [-0.1, -0.05) is 74.4 Å².